The number of piperidine rings is 1. The number of benzene rings is 2. The predicted octanol–water partition coefficient (Wildman–Crippen LogP) is 4.61. The number of hydrogen-bond acceptors (Lipinski definition) is 9. The first-order valence-corrected chi connectivity index (χ1v) is 11.5. The molecule has 1 saturated heterocycles. The standard InChI is InChI=1S/C25H27ClN4O5/c1-32-21-14-20(22(33-2)12-18(21)26)29-25-17-11-24(23(34-3)13-19(17)27-15-28-25)35-16-5-8-30(9-6-16)7-4-10-31/h4,7,10-16H,5-6,8-9H2,1-3H3,(H,27,28,29). The zero-order valence-electron chi connectivity index (χ0n) is 19.8. The first kappa shape index (κ1) is 24.4. The fourth-order valence-electron chi connectivity index (χ4n) is 3.98. The Labute approximate surface area is 208 Å². The van der Waals surface area contributed by atoms with Gasteiger partial charge in [0.1, 0.15) is 36.0 Å². The molecule has 0 saturated carbocycles. The number of aromatic nitrogens is 2. The number of likely N-dealkylation sites (tertiary alicyclic amines) is 1. The molecule has 184 valence electrons. The zero-order valence-corrected chi connectivity index (χ0v) is 20.5. The van der Waals surface area contributed by atoms with Gasteiger partial charge in [0, 0.05) is 55.7 Å². The lowest BCUT2D eigenvalue weighted by Gasteiger charge is -2.31. The van der Waals surface area contributed by atoms with Gasteiger partial charge in [-0.05, 0) is 12.1 Å². The van der Waals surface area contributed by atoms with Gasteiger partial charge in [-0.2, -0.15) is 0 Å². The fraction of sp³-hybridized carbons (Fsp3) is 0.320. The van der Waals surface area contributed by atoms with Gasteiger partial charge in [0.15, 0.2) is 11.5 Å². The molecule has 0 unspecified atom stereocenters. The van der Waals surface area contributed by atoms with Crippen molar-refractivity contribution in [2.75, 3.05) is 39.7 Å². The summed E-state index contributed by atoms with van der Waals surface area (Å²) < 4.78 is 22.8. The summed E-state index contributed by atoms with van der Waals surface area (Å²) in [7, 11) is 4.72. The summed E-state index contributed by atoms with van der Waals surface area (Å²) in [5.74, 6) is 2.83. The lowest BCUT2D eigenvalue weighted by atomic mass is 10.1. The van der Waals surface area contributed by atoms with Crippen molar-refractivity contribution in [3.8, 4) is 23.0 Å². The molecular weight excluding hydrogens is 472 g/mol. The Hall–Kier alpha value is -3.72. The summed E-state index contributed by atoms with van der Waals surface area (Å²) in [5.41, 5.74) is 1.34. The largest absolute Gasteiger partial charge is 0.495 e. The number of hydrogen-bond donors (Lipinski definition) is 1. The Bertz CT molecular complexity index is 1230. The maximum absolute atomic E-state index is 10.6. The van der Waals surface area contributed by atoms with Crippen LogP contribution in [0.15, 0.2) is 42.9 Å². The van der Waals surface area contributed by atoms with Crippen LogP contribution in [0.3, 0.4) is 0 Å². The summed E-state index contributed by atoms with van der Waals surface area (Å²) in [6, 6.07) is 7.15. The number of anilines is 2. The Morgan fingerprint density at radius 2 is 1.71 bits per heavy atom. The molecule has 35 heavy (non-hydrogen) atoms. The number of aldehydes is 1. The topological polar surface area (TPSA) is 95.0 Å². The second-order valence-electron chi connectivity index (χ2n) is 7.89. The summed E-state index contributed by atoms with van der Waals surface area (Å²) in [5, 5.41) is 4.50. The van der Waals surface area contributed by atoms with E-state index in [0.29, 0.717) is 45.0 Å². The molecule has 0 amide bonds. The highest BCUT2D eigenvalue weighted by Gasteiger charge is 2.21. The van der Waals surface area contributed by atoms with E-state index >= 15 is 0 Å². The van der Waals surface area contributed by atoms with E-state index in [1.165, 1.54) is 12.4 Å². The van der Waals surface area contributed by atoms with Crippen molar-refractivity contribution < 1.29 is 23.7 Å². The van der Waals surface area contributed by atoms with Crippen LogP contribution in [0, 0.1) is 0 Å². The van der Waals surface area contributed by atoms with Gasteiger partial charge in [0.2, 0.25) is 0 Å². The average Bonchev–Trinajstić information content (AvgIpc) is 2.88. The van der Waals surface area contributed by atoms with Crippen molar-refractivity contribution in [1.29, 1.82) is 0 Å². The third-order valence-corrected chi connectivity index (χ3v) is 6.09. The molecule has 1 fully saturated rings. The zero-order chi connectivity index (χ0) is 24.8. The smallest absolute Gasteiger partial charge is 0.162 e. The predicted molar refractivity (Wildman–Crippen MR) is 134 cm³/mol. The number of carbonyl (C=O) groups is 1. The van der Waals surface area contributed by atoms with Gasteiger partial charge >= 0.3 is 0 Å². The molecule has 0 atom stereocenters. The van der Waals surface area contributed by atoms with E-state index in [1.807, 2.05) is 18.3 Å². The normalized spacial score (nSPS) is 14.2. The van der Waals surface area contributed by atoms with Crippen molar-refractivity contribution in [3.63, 3.8) is 0 Å². The number of nitrogens with one attached hydrogen (secondary N) is 1. The van der Waals surface area contributed by atoms with Crippen LogP contribution in [0.25, 0.3) is 10.9 Å². The van der Waals surface area contributed by atoms with Crippen molar-refractivity contribution in [1.82, 2.24) is 14.9 Å². The third-order valence-electron chi connectivity index (χ3n) is 5.79. The summed E-state index contributed by atoms with van der Waals surface area (Å²) >= 11 is 6.25. The maximum atomic E-state index is 10.6. The van der Waals surface area contributed by atoms with Crippen molar-refractivity contribution in [2.24, 2.45) is 0 Å². The first-order chi connectivity index (χ1) is 17.1. The van der Waals surface area contributed by atoms with Crippen LogP contribution in [0.2, 0.25) is 5.02 Å². The molecule has 0 aliphatic carbocycles. The second kappa shape index (κ2) is 11.1. The van der Waals surface area contributed by atoms with E-state index in [4.69, 9.17) is 30.5 Å². The Morgan fingerprint density at radius 3 is 2.40 bits per heavy atom. The molecule has 2 heterocycles. The molecule has 10 heteroatoms. The van der Waals surface area contributed by atoms with Crippen LogP contribution < -0.4 is 24.3 Å². The molecule has 1 N–H and O–H groups in total. The lowest BCUT2D eigenvalue weighted by Crippen LogP contribution is -2.35. The van der Waals surface area contributed by atoms with Gasteiger partial charge in [0.25, 0.3) is 0 Å². The molecule has 1 aliphatic rings. The number of fused-ring (bicyclic) bond motifs is 1. The van der Waals surface area contributed by atoms with E-state index in [0.717, 1.165) is 37.6 Å². The molecule has 0 bridgehead atoms. The van der Waals surface area contributed by atoms with Crippen LogP contribution in [-0.2, 0) is 4.79 Å². The lowest BCUT2D eigenvalue weighted by molar-refractivity contribution is -0.104. The molecule has 0 radical (unpaired) electrons. The summed E-state index contributed by atoms with van der Waals surface area (Å²) in [6.45, 7) is 1.61. The van der Waals surface area contributed by atoms with Gasteiger partial charge in [-0.3, -0.25) is 4.79 Å². The monoisotopic (exact) mass is 498 g/mol. The highest BCUT2D eigenvalue weighted by atomic mass is 35.5. The van der Waals surface area contributed by atoms with Crippen molar-refractivity contribution >= 4 is 40.3 Å². The van der Waals surface area contributed by atoms with Crippen LogP contribution in [0.1, 0.15) is 12.8 Å². The van der Waals surface area contributed by atoms with E-state index in [1.54, 1.807) is 33.5 Å². The van der Waals surface area contributed by atoms with Crippen LogP contribution in [-0.4, -0.2) is 61.7 Å². The minimum atomic E-state index is 0.0175. The van der Waals surface area contributed by atoms with E-state index in [9.17, 15) is 4.79 Å². The summed E-state index contributed by atoms with van der Waals surface area (Å²) in [6.07, 6.45) is 7.25. The summed E-state index contributed by atoms with van der Waals surface area (Å²) in [4.78, 5) is 21.5. The fourth-order valence-corrected chi connectivity index (χ4v) is 4.21. The highest BCUT2D eigenvalue weighted by Crippen LogP contribution is 2.40. The molecule has 1 aliphatic heterocycles. The van der Waals surface area contributed by atoms with Crippen LogP contribution in [0.5, 0.6) is 23.0 Å². The Morgan fingerprint density at radius 1 is 0.971 bits per heavy atom. The van der Waals surface area contributed by atoms with Gasteiger partial charge < -0.3 is 29.2 Å². The molecule has 4 rings (SSSR count). The molecular formula is C25H27ClN4O5. The Balaban J connectivity index is 1.63. The molecule has 9 nitrogen and oxygen atoms in total. The third kappa shape index (κ3) is 5.51. The van der Waals surface area contributed by atoms with Crippen molar-refractivity contribution in [3.05, 3.63) is 47.9 Å². The molecule has 0 spiro atoms. The van der Waals surface area contributed by atoms with Gasteiger partial charge in [-0.15, -0.1) is 0 Å². The number of nitrogens with zero attached hydrogens (tertiary/aromatic N) is 3. The molecule has 1 aromatic heterocycles. The highest BCUT2D eigenvalue weighted by molar-refractivity contribution is 6.32. The number of allylic oxidation sites excluding steroid dienone is 1. The number of ether oxygens (including phenoxy) is 4. The van der Waals surface area contributed by atoms with Gasteiger partial charge in [-0.25, -0.2) is 9.97 Å². The first-order valence-electron chi connectivity index (χ1n) is 11.1. The van der Waals surface area contributed by atoms with E-state index in [-0.39, 0.29) is 6.10 Å². The van der Waals surface area contributed by atoms with Gasteiger partial charge in [0.05, 0.1) is 37.6 Å². The molecule has 2 aromatic carbocycles. The van der Waals surface area contributed by atoms with Crippen LogP contribution in [0.4, 0.5) is 11.5 Å². The minimum Gasteiger partial charge on any atom is -0.495 e. The van der Waals surface area contributed by atoms with E-state index < -0.39 is 0 Å². The number of carbonyl (C=O) groups excluding carboxylic acids is 1. The minimum absolute atomic E-state index is 0.0175. The number of methoxy groups -OCH3 is 3. The van der Waals surface area contributed by atoms with E-state index in [2.05, 4.69) is 20.2 Å². The second-order valence-corrected chi connectivity index (χ2v) is 8.29. The Kier molecular flexibility index (Phi) is 7.77. The number of halogens is 1. The average molecular weight is 499 g/mol. The quantitative estimate of drug-likeness (QED) is 0.335. The van der Waals surface area contributed by atoms with Gasteiger partial charge in [-0.1, -0.05) is 11.6 Å². The van der Waals surface area contributed by atoms with Crippen LogP contribution >= 0.6 is 11.6 Å². The number of rotatable bonds is 9. The molecule has 3 aromatic rings. The van der Waals surface area contributed by atoms with Crippen molar-refractivity contribution in [2.45, 2.75) is 18.9 Å². The maximum Gasteiger partial charge on any atom is 0.162 e. The SMILES string of the molecule is COc1cc(Nc2ncnc3cc(OC)c(OC4CCN(C=CC=O)CC4)cc23)c(OC)cc1Cl.